The van der Waals surface area contributed by atoms with Gasteiger partial charge in [-0.1, -0.05) is 18.2 Å². The standard InChI is InChI=1S/C26H21NO7/c27-21(11-15-1-4-17(28)5-2-15)26(30)34-18-6-7-19-23(13-18)33-14-20(25(19)29)16-3-8-22-24(12-16)32-10-9-31-22/h1-8,12-14,21,28H,9-11,27H2. The van der Waals surface area contributed by atoms with Crippen molar-refractivity contribution in [2.45, 2.75) is 12.5 Å². The van der Waals surface area contributed by atoms with Crippen LogP contribution in [0, 0.1) is 0 Å². The van der Waals surface area contributed by atoms with Crippen LogP contribution in [0.5, 0.6) is 23.0 Å². The van der Waals surface area contributed by atoms with Crippen molar-refractivity contribution in [1.29, 1.82) is 0 Å². The summed E-state index contributed by atoms with van der Waals surface area (Å²) in [6.07, 6.45) is 1.62. The molecular formula is C26H21NO7. The van der Waals surface area contributed by atoms with Gasteiger partial charge in [0.05, 0.1) is 10.9 Å². The fraction of sp³-hybridized carbons (Fsp3) is 0.154. The first kappa shape index (κ1) is 21.5. The number of fused-ring (bicyclic) bond motifs is 2. The van der Waals surface area contributed by atoms with E-state index >= 15 is 0 Å². The Bertz CT molecular complexity index is 1430. The molecule has 0 fully saturated rings. The Morgan fingerprint density at radius 2 is 1.76 bits per heavy atom. The van der Waals surface area contributed by atoms with E-state index < -0.39 is 12.0 Å². The van der Waals surface area contributed by atoms with Gasteiger partial charge in [0, 0.05) is 6.07 Å². The highest BCUT2D eigenvalue weighted by atomic mass is 16.6. The van der Waals surface area contributed by atoms with Crippen LogP contribution in [0.4, 0.5) is 0 Å². The predicted octanol–water partition coefficient (Wildman–Crippen LogP) is 3.41. The predicted molar refractivity (Wildman–Crippen MR) is 124 cm³/mol. The van der Waals surface area contributed by atoms with Gasteiger partial charge in [-0.3, -0.25) is 4.79 Å². The summed E-state index contributed by atoms with van der Waals surface area (Å²) in [5, 5.41) is 9.71. The molecule has 8 nitrogen and oxygen atoms in total. The van der Waals surface area contributed by atoms with Crippen LogP contribution in [-0.4, -0.2) is 30.3 Å². The summed E-state index contributed by atoms with van der Waals surface area (Å²) in [6, 6.07) is 15.4. The summed E-state index contributed by atoms with van der Waals surface area (Å²) < 4.78 is 22.2. The number of hydrogen-bond acceptors (Lipinski definition) is 8. The molecule has 3 N–H and O–H groups in total. The molecule has 3 aromatic carbocycles. The molecule has 1 aliphatic rings. The maximum absolute atomic E-state index is 13.1. The summed E-state index contributed by atoms with van der Waals surface area (Å²) in [5.74, 6) is 0.940. The van der Waals surface area contributed by atoms with Gasteiger partial charge in [0.25, 0.3) is 0 Å². The van der Waals surface area contributed by atoms with Crippen LogP contribution in [0.3, 0.4) is 0 Å². The van der Waals surface area contributed by atoms with Gasteiger partial charge in [-0.2, -0.15) is 0 Å². The van der Waals surface area contributed by atoms with E-state index in [0.29, 0.717) is 41.2 Å². The van der Waals surface area contributed by atoms with E-state index in [1.54, 1.807) is 36.4 Å². The minimum absolute atomic E-state index is 0.134. The van der Waals surface area contributed by atoms with Crippen molar-refractivity contribution in [1.82, 2.24) is 0 Å². The topological polar surface area (TPSA) is 121 Å². The molecule has 1 aliphatic heterocycles. The molecule has 34 heavy (non-hydrogen) atoms. The highest BCUT2D eigenvalue weighted by Crippen LogP contribution is 2.34. The second-order valence-electron chi connectivity index (χ2n) is 7.89. The molecule has 0 amide bonds. The molecule has 5 rings (SSSR count). The molecule has 1 unspecified atom stereocenters. The number of aromatic hydroxyl groups is 1. The van der Waals surface area contributed by atoms with Gasteiger partial charge in [-0.05, 0) is 53.9 Å². The van der Waals surface area contributed by atoms with Crippen LogP contribution < -0.4 is 25.4 Å². The molecule has 4 aromatic rings. The third-order valence-electron chi connectivity index (χ3n) is 5.51. The van der Waals surface area contributed by atoms with Gasteiger partial charge in [-0.15, -0.1) is 0 Å². The summed E-state index contributed by atoms with van der Waals surface area (Å²) >= 11 is 0. The van der Waals surface area contributed by atoms with E-state index in [-0.39, 0.29) is 28.9 Å². The largest absolute Gasteiger partial charge is 0.508 e. The van der Waals surface area contributed by atoms with Crippen molar-refractivity contribution in [2.75, 3.05) is 13.2 Å². The first-order valence-electron chi connectivity index (χ1n) is 10.7. The quantitative estimate of drug-likeness (QED) is 0.344. The van der Waals surface area contributed by atoms with Crippen molar-refractivity contribution in [3.05, 3.63) is 82.7 Å². The smallest absolute Gasteiger partial charge is 0.328 e. The van der Waals surface area contributed by atoms with Gasteiger partial charge < -0.3 is 29.5 Å². The summed E-state index contributed by atoms with van der Waals surface area (Å²) in [5.41, 5.74) is 7.85. The Morgan fingerprint density at radius 3 is 2.56 bits per heavy atom. The number of carbonyl (C=O) groups is 1. The number of nitrogens with two attached hydrogens (primary N) is 1. The van der Waals surface area contributed by atoms with Gasteiger partial charge in [0.2, 0.25) is 0 Å². The molecule has 0 spiro atoms. The third kappa shape index (κ3) is 4.31. The molecule has 172 valence electrons. The van der Waals surface area contributed by atoms with Gasteiger partial charge in [-0.25, -0.2) is 4.79 Å². The Kier molecular flexibility index (Phi) is 5.65. The highest BCUT2D eigenvalue weighted by Gasteiger charge is 2.19. The lowest BCUT2D eigenvalue weighted by atomic mass is 10.0. The number of benzene rings is 3. The number of phenols is 1. The van der Waals surface area contributed by atoms with Crippen LogP contribution in [0.15, 0.2) is 76.1 Å². The lowest BCUT2D eigenvalue weighted by Crippen LogP contribution is -2.36. The van der Waals surface area contributed by atoms with Crippen molar-refractivity contribution < 1.29 is 28.5 Å². The number of rotatable bonds is 5. The van der Waals surface area contributed by atoms with E-state index in [0.717, 1.165) is 5.56 Å². The van der Waals surface area contributed by atoms with Crippen molar-refractivity contribution in [3.63, 3.8) is 0 Å². The zero-order chi connectivity index (χ0) is 23.7. The molecule has 2 heterocycles. The van der Waals surface area contributed by atoms with Gasteiger partial charge in [0.1, 0.15) is 42.6 Å². The molecule has 1 atom stereocenters. The van der Waals surface area contributed by atoms with E-state index in [4.69, 9.17) is 24.4 Å². The lowest BCUT2D eigenvalue weighted by molar-refractivity contribution is -0.135. The minimum Gasteiger partial charge on any atom is -0.508 e. The van der Waals surface area contributed by atoms with E-state index in [1.165, 1.54) is 30.5 Å². The SMILES string of the molecule is NC(Cc1ccc(O)cc1)C(=O)Oc1ccc2c(=O)c(-c3ccc4c(c3)OCCO4)coc2c1. The summed E-state index contributed by atoms with van der Waals surface area (Å²) in [7, 11) is 0. The molecule has 0 saturated heterocycles. The van der Waals surface area contributed by atoms with Gasteiger partial charge in [0.15, 0.2) is 16.9 Å². The number of hydrogen-bond donors (Lipinski definition) is 2. The Morgan fingerprint density at radius 1 is 1.00 bits per heavy atom. The van der Waals surface area contributed by atoms with E-state index in [9.17, 15) is 14.7 Å². The molecule has 1 aromatic heterocycles. The molecule has 8 heteroatoms. The molecular weight excluding hydrogens is 438 g/mol. The zero-order valence-electron chi connectivity index (χ0n) is 18.0. The Balaban J connectivity index is 1.35. The Hall–Kier alpha value is -4.30. The average Bonchev–Trinajstić information content (AvgIpc) is 2.85. The number of phenolic OH excluding ortho intramolecular Hbond substituents is 1. The first-order valence-corrected chi connectivity index (χ1v) is 10.7. The van der Waals surface area contributed by atoms with Crippen LogP contribution in [0.1, 0.15) is 5.56 Å². The van der Waals surface area contributed by atoms with Crippen molar-refractivity contribution >= 4 is 16.9 Å². The number of ether oxygens (including phenoxy) is 3. The lowest BCUT2D eigenvalue weighted by Gasteiger charge is -2.18. The maximum atomic E-state index is 13.1. The molecule has 0 saturated carbocycles. The maximum Gasteiger partial charge on any atom is 0.328 e. The van der Waals surface area contributed by atoms with E-state index in [2.05, 4.69) is 0 Å². The van der Waals surface area contributed by atoms with Crippen LogP contribution in [0.25, 0.3) is 22.1 Å². The zero-order valence-corrected chi connectivity index (χ0v) is 18.0. The number of esters is 1. The second kappa shape index (κ2) is 8.92. The molecule has 0 radical (unpaired) electrons. The third-order valence-corrected chi connectivity index (χ3v) is 5.51. The van der Waals surface area contributed by atoms with Crippen LogP contribution >= 0.6 is 0 Å². The minimum atomic E-state index is -0.898. The van der Waals surface area contributed by atoms with Crippen LogP contribution in [-0.2, 0) is 11.2 Å². The summed E-state index contributed by atoms with van der Waals surface area (Å²) in [6.45, 7) is 0.932. The second-order valence-corrected chi connectivity index (χ2v) is 7.89. The Labute approximate surface area is 194 Å². The molecule has 0 bridgehead atoms. The fourth-order valence-corrected chi connectivity index (χ4v) is 3.74. The number of carbonyl (C=O) groups excluding carboxylic acids is 1. The van der Waals surface area contributed by atoms with E-state index in [1.807, 2.05) is 0 Å². The van der Waals surface area contributed by atoms with Crippen molar-refractivity contribution in [2.24, 2.45) is 5.73 Å². The summed E-state index contributed by atoms with van der Waals surface area (Å²) in [4.78, 5) is 25.5. The molecule has 0 aliphatic carbocycles. The van der Waals surface area contributed by atoms with Gasteiger partial charge >= 0.3 is 5.97 Å². The average molecular weight is 459 g/mol. The first-order chi connectivity index (χ1) is 16.5. The van der Waals surface area contributed by atoms with Crippen LogP contribution in [0.2, 0.25) is 0 Å². The highest BCUT2D eigenvalue weighted by molar-refractivity contribution is 5.84. The normalized spacial score (nSPS) is 13.4. The fourth-order valence-electron chi connectivity index (χ4n) is 3.74. The monoisotopic (exact) mass is 459 g/mol. The van der Waals surface area contributed by atoms with Crippen molar-refractivity contribution in [3.8, 4) is 34.1 Å².